The van der Waals surface area contributed by atoms with Gasteiger partial charge in [0.2, 0.25) is 0 Å². The quantitative estimate of drug-likeness (QED) is 0.731. The zero-order valence-corrected chi connectivity index (χ0v) is 14.8. The van der Waals surface area contributed by atoms with Gasteiger partial charge in [0.1, 0.15) is 6.54 Å². The minimum Gasteiger partial charge on any atom is -0.336 e. The highest BCUT2D eigenvalue weighted by Gasteiger charge is 2.27. The third-order valence-corrected chi connectivity index (χ3v) is 5.05. The summed E-state index contributed by atoms with van der Waals surface area (Å²) in [7, 11) is 0. The zero-order valence-electron chi connectivity index (χ0n) is 14.8. The minimum absolute atomic E-state index is 0.0338. The van der Waals surface area contributed by atoms with E-state index in [4.69, 9.17) is 5.26 Å². The van der Waals surface area contributed by atoms with E-state index in [1.807, 2.05) is 63.9 Å². The number of piperidine rings is 1. The molecule has 1 aliphatic rings. The highest BCUT2D eigenvalue weighted by Crippen LogP contribution is 2.26. The summed E-state index contributed by atoms with van der Waals surface area (Å²) in [6, 6.07) is 10.2. The molecule has 4 rings (SSSR count). The topological polar surface area (TPSA) is 66.8 Å². The molecule has 1 unspecified atom stereocenters. The van der Waals surface area contributed by atoms with Crippen LogP contribution in [0.15, 0.2) is 42.9 Å². The van der Waals surface area contributed by atoms with Crippen molar-refractivity contribution in [1.82, 2.24) is 19.2 Å². The molecule has 1 fully saturated rings. The van der Waals surface area contributed by atoms with Crippen molar-refractivity contribution in [3.05, 3.63) is 54.0 Å². The van der Waals surface area contributed by atoms with E-state index in [0.29, 0.717) is 12.1 Å². The molecule has 1 aromatic carbocycles. The molecule has 0 bridgehead atoms. The number of amides is 1. The van der Waals surface area contributed by atoms with Crippen molar-refractivity contribution >= 4 is 16.8 Å². The number of hydrogen-bond acceptors (Lipinski definition) is 3. The highest BCUT2D eigenvalue weighted by atomic mass is 16.2. The summed E-state index contributed by atoms with van der Waals surface area (Å²) in [5.41, 5.74) is 2.73. The van der Waals surface area contributed by atoms with Crippen LogP contribution < -0.4 is 0 Å². The van der Waals surface area contributed by atoms with Crippen LogP contribution in [0.3, 0.4) is 0 Å². The number of para-hydroxylation sites is 1. The summed E-state index contributed by atoms with van der Waals surface area (Å²) in [6.45, 7) is 3.69. The van der Waals surface area contributed by atoms with Crippen molar-refractivity contribution in [2.24, 2.45) is 0 Å². The van der Waals surface area contributed by atoms with Gasteiger partial charge in [-0.2, -0.15) is 10.4 Å². The molecule has 0 radical (unpaired) electrons. The van der Waals surface area contributed by atoms with Gasteiger partial charge in [-0.25, -0.2) is 0 Å². The average Bonchev–Trinajstić information content (AvgIpc) is 3.26. The van der Waals surface area contributed by atoms with Crippen molar-refractivity contribution in [3.63, 3.8) is 0 Å². The molecular formula is C20H21N5O. The molecule has 0 N–H and O–H groups in total. The van der Waals surface area contributed by atoms with Crippen LogP contribution in [-0.2, 0) is 6.54 Å². The van der Waals surface area contributed by atoms with Crippen molar-refractivity contribution < 1.29 is 4.79 Å². The van der Waals surface area contributed by atoms with Gasteiger partial charge >= 0.3 is 0 Å². The van der Waals surface area contributed by atoms with Gasteiger partial charge in [-0.1, -0.05) is 18.2 Å². The van der Waals surface area contributed by atoms with Crippen LogP contribution in [0.25, 0.3) is 10.9 Å². The number of carbonyl (C=O) groups is 1. The van der Waals surface area contributed by atoms with Crippen LogP contribution in [0.2, 0.25) is 0 Å². The van der Waals surface area contributed by atoms with Crippen molar-refractivity contribution in [2.45, 2.75) is 32.4 Å². The number of hydrogen-bond donors (Lipinski definition) is 0. The number of aryl methyl sites for hydroxylation is 1. The number of carbonyl (C=O) groups excluding carboxylic acids is 1. The minimum atomic E-state index is 0.0338. The summed E-state index contributed by atoms with van der Waals surface area (Å²) in [5.74, 6) is 0.0338. The van der Waals surface area contributed by atoms with E-state index in [9.17, 15) is 4.79 Å². The first kappa shape index (κ1) is 16.4. The van der Waals surface area contributed by atoms with Gasteiger partial charge in [-0.15, -0.1) is 0 Å². The zero-order chi connectivity index (χ0) is 18.1. The monoisotopic (exact) mass is 347 g/mol. The van der Waals surface area contributed by atoms with E-state index in [0.717, 1.165) is 35.9 Å². The molecule has 1 atom stereocenters. The van der Waals surface area contributed by atoms with Crippen LogP contribution in [0.1, 0.15) is 34.8 Å². The Balaban J connectivity index is 1.63. The van der Waals surface area contributed by atoms with Gasteiger partial charge in [-0.3, -0.25) is 9.48 Å². The molecule has 6 heteroatoms. The summed E-state index contributed by atoms with van der Waals surface area (Å²) in [4.78, 5) is 15.1. The van der Waals surface area contributed by atoms with Crippen molar-refractivity contribution in [3.8, 4) is 6.07 Å². The number of likely N-dealkylation sites (tertiary alicyclic amines) is 1. The van der Waals surface area contributed by atoms with Gasteiger partial charge < -0.3 is 9.47 Å². The number of nitriles is 1. The Morgan fingerprint density at radius 2 is 2.19 bits per heavy atom. The summed E-state index contributed by atoms with van der Waals surface area (Å²) in [6.07, 6.45) is 7.71. The maximum absolute atomic E-state index is 13.2. The molecule has 0 aliphatic carbocycles. The molecule has 2 aromatic heterocycles. The van der Waals surface area contributed by atoms with Crippen molar-refractivity contribution in [2.75, 3.05) is 13.1 Å². The molecule has 26 heavy (non-hydrogen) atoms. The molecule has 1 amide bonds. The van der Waals surface area contributed by atoms with Crippen LogP contribution in [0.5, 0.6) is 0 Å². The number of fused-ring (bicyclic) bond motifs is 1. The molecule has 132 valence electrons. The molecule has 1 aliphatic heterocycles. The van der Waals surface area contributed by atoms with Crippen molar-refractivity contribution in [1.29, 1.82) is 5.26 Å². The second-order valence-corrected chi connectivity index (χ2v) is 6.89. The third-order valence-electron chi connectivity index (χ3n) is 5.05. The number of rotatable bonds is 3. The summed E-state index contributed by atoms with van der Waals surface area (Å²) in [5, 5.41) is 14.4. The number of nitrogens with zero attached hydrogens (tertiary/aromatic N) is 5. The van der Waals surface area contributed by atoms with E-state index in [-0.39, 0.29) is 18.5 Å². The Bertz CT molecular complexity index is 993. The molecule has 0 saturated carbocycles. The predicted octanol–water partition coefficient (Wildman–Crippen LogP) is 3.15. The Morgan fingerprint density at radius 3 is 2.96 bits per heavy atom. The Morgan fingerprint density at radius 1 is 1.35 bits per heavy atom. The first-order valence-electron chi connectivity index (χ1n) is 8.92. The molecule has 6 nitrogen and oxygen atoms in total. The third kappa shape index (κ3) is 2.86. The van der Waals surface area contributed by atoms with Crippen LogP contribution in [0.4, 0.5) is 0 Å². The fourth-order valence-electron chi connectivity index (χ4n) is 3.78. The van der Waals surface area contributed by atoms with E-state index >= 15 is 0 Å². The largest absolute Gasteiger partial charge is 0.336 e. The Labute approximate surface area is 152 Å². The Hall–Kier alpha value is -3.07. The fourth-order valence-corrected chi connectivity index (χ4v) is 3.78. The smallest absolute Gasteiger partial charge is 0.256 e. The second-order valence-electron chi connectivity index (χ2n) is 6.89. The first-order valence-corrected chi connectivity index (χ1v) is 8.92. The lowest BCUT2D eigenvalue weighted by Gasteiger charge is -2.32. The lowest BCUT2D eigenvalue weighted by atomic mass is 10.0. The van der Waals surface area contributed by atoms with Gasteiger partial charge in [0.25, 0.3) is 5.91 Å². The van der Waals surface area contributed by atoms with Crippen LogP contribution in [-0.4, -0.2) is 38.2 Å². The van der Waals surface area contributed by atoms with Gasteiger partial charge in [0, 0.05) is 36.4 Å². The molecule has 3 aromatic rings. The lowest BCUT2D eigenvalue weighted by molar-refractivity contribution is 0.0674. The van der Waals surface area contributed by atoms with Crippen LogP contribution in [0, 0.1) is 18.3 Å². The Kier molecular flexibility index (Phi) is 4.21. The summed E-state index contributed by atoms with van der Waals surface area (Å²) >= 11 is 0. The van der Waals surface area contributed by atoms with Gasteiger partial charge in [-0.05, 0) is 31.4 Å². The number of benzene rings is 1. The maximum atomic E-state index is 13.2. The van der Waals surface area contributed by atoms with E-state index in [1.54, 1.807) is 0 Å². The molecule has 1 saturated heterocycles. The highest BCUT2D eigenvalue weighted by molar-refractivity contribution is 6.07. The number of aromatic nitrogens is 3. The van der Waals surface area contributed by atoms with Gasteiger partial charge in [0.15, 0.2) is 0 Å². The summed E-state index contributed by atoms with van der Waals surface area (Å²) < 4.78 is 3.83. The molecule has 0 spiro atoms. The predicted molar refractivity (Wildman–Crippen MR) is 98.7 cm³/mol. The SMILES string of the molecule is Cc1cnn(C2CCCN(C(=O)c3cn(CC#N)c4ccccc34)C2)c1. The normalized spacial score (nSPS) is 17.4. The lowest BCUT2D eigenvalue weighted by Crippen LogP contribution is -2.40. The first-order chi connectivity index (χ1) is 12.7. The van der Waals surface area contributed by atoms with E-state index in [2.05, 4.69) is 11.2 Å². The van der Waals surface area contributed by atoms with Crippen LogP contribution >= 0.6 is 0 Å². The standard InChI is InChI=1S/C20H21N5O/c1-15-11-22-25(12-15)16-5-4-9-24(13-16)20(26)18-14-23(10-8-21)19-7-3-2-6-17(18)19/h2-3,6-7,11-12,14,16H,4-5,9-10,13H2,1H3. The molecule has 3 heterocycles. The maximum Gasteiger partial charge on any atom is 0.256 e. The molecular weight excluding hydrogens is 326 g/mol. The second kappa shape index (κ2) is 6.68. The van der Waals surface area contributed by atoms with E-state index in [1.165, 1.54) is 0 Å². The average molecular weight is 347 g/mol. The fraction of sp³-hybridized carbons (Fsp3) is 0.350. The van der Waals surface area contributed by atoms with E-state index < -0.39 is 0 Å². The van der Waals surface area contributed by atoms with Gasteiger partial charge in [0.05, 0.1) is 23.9 Å².